The standard InChI is InChI=1S/C10H19NO.ClH/c1-8-5-10(3-4-11-7-10)6-9(2)12-8;/h8-9,11H,3-7H2,1-2H3;1H. The highest BCUT2D eigenvalue weighted by Crippen LogP contribution is 2.40. The molecule has 78 valence electrons. The lowest BCUT2D eigenvalue weighted by Crippen LogP contribution is -2.39. The maximum atomic E-state index is 5.75. The molecule has 0 aromatic heterocycles. The van der Waals surface area contributed by atoms with Crippen molar-refractivity contribution in [3.05, 3.63) is 0 Å². The first-order valence-corrected chi connectivity index (χ1v) is 5.06. The van der Waals surface area contributed by atoms with E-state index in [4.69, 9.17) is 4.74 Å². The second kappa shape index (κ2) is 4.16. The SMILES string of the molecule is CC1CC2(CCNC2)CC(C)O1.Cl. The molecule has 2 aliphatic heterocycles. The van der Waals surface area contributed by atoms with Crippen LogP contribution in [0.25, 0.3) is 0 Å². The molecule has 0 aliphatic carbocycles. The van der Waals surface area contributed by atoms with Gasteiger partial charge in [0.2, 0.25) is 0 Å². The molecule has 13 heavy (non-hydrogen) atoms. The summed E-state index contributed by atoms with van der Waals surface area (Å²) >= 11 is 0. The first kappa shape index (κ1) is 11.3. The summed E-state index contributed by atoms with van der Waals surface area (Å²) in [7, 11) is 0. The summed E-state index contributed by atoms with van der Waals surface area (Å²) in [5.74, 6) is 0. The van der Waals surface area contributed by atoms with Crippen molar-refractivity contribution in [2.45, 2.75) is 45.3 Å². The minimum Gasteiger partial charge on any atom is -0.376 e. The van der Waals surface area contributed by atoms with Gasteiger partial charge in [0.05, 0.1) is 12.2 Å². The Morgan fingerprint density at radius 2 is 1.85 bits per heavy atom. The van der Waals surface area contributed by atoms with E-state index in [-0.39, 0.29) is 12.4 Å². The molecule has 1 N–H and O–H groups in total. The predicted molar refractivity (Wildman–Crippen MR) is 56.4 cm³/mol. The Kier molecular flexibility index (Phi) is 3.61. The molecule has 2 fully saturated rings. The summed E-state index contributed by atoms with van der Waals surface area (Å²) in [4.78, 5) is 0. The Hall–Kier alpha value is 0.210. The molecule has 2 atom stereocenters. The maximum absolute atomic E-state index is 5.75. The highest BCUT2D eigenvalue weighted by molar-refractivity contribution is 5.85. The number of ether oxygens (including phenoxy) is 1. The van der Waals surface area contributed by atoms with Crippen molar-refractivity contribution in [1.82, 2.24) is 5.32 Å². The van der Waals surface area contributed by atoms with E-state index >= 15 is 0 Å². The lowest BCUT2D eigenvalue weighted by Gasteiger charge is -2.39. The normalized spacial score (nSPS) is 44.8. The van der Waals surface area contributed by atoms with Crippen LogP contribution in [0, 0.1) is 5.41 Å². The molecule has 2 heterocycles. The van der Waals surface area contributed by atoms with Gasteiger partial charge in [-0.25, -0.2) is 0 Å². The van der Waals surface area contributed by atoms with Crippen molar-refractivity contribution in [3.8, 4) is 0 Å². The molecule has 0 bridgehead atoms. The third-order valence-corrected chi connectivity index (χ3v) is 3.24. The zero-order valence-corrected chi connectivity index (χ0v) is 9.32. The Morgan fingerprint density at radius 3 is 2.31 bits per heavy atom. The zero-order chi connectivity index (χ0) is 8.60. The van der Waals surface area contributed by atoms with E-state index in [1.165, 1.54) is 32.4 Å². The average molecular weight is 206 g/mol. The summed E-state index contributed by atoms with van der Waals surface area (Å²) in [6.07, 6.45) is 4.79. The molecule has 2 saturated heterocycles. The molecule has 0 aromatic carbocycles. The van der Waals surface area contributed by atoms with Crippen LogP contribution in [0.4, 0.5) is 0 Å². The van der Waals surface area contributed by atoms with Gasteiger partial charge in [0.25, 0.3) is 0 Å². The number of halogens is 1. The van der Waals surface area contributed by atoms with Crippen LogP contribution < -0.4 is 5.32 Å². The molecule has 2 rings (SSSR count). The van der Waals surface area contributed by atoms with E-state index < -0.39 is 0 Å². The van der Waals surface area contributed by atoms with Gasteiger partial charge in [-0.1, -0.05) is 0 Å². The van der Waals surface area contributed by atoms with Gasteiger partial charge in [-0.05, 0) is 45.1 Å². The van der Waals surface area contributed by atoms with E-state index in [1.54, 1.807) is 0 Å². The topological polar surface area (TPSA) is 21.3 Å². The van der Waals surface area contributed by atoms with Gasteiger partial charge in [0.15, 0.2) is 0 Å². The van der Waals surface area contributed by atoms with Gasteiger partial charge in [0, 0.05) is 6.54 Å². The summed E-state index contributed by atoms with van der Waals surface area (Å²) in [5, 5.41) is 3.47. The quantitative estimate of drug-likeness (QED) is 0.653. The molecule has 2 nitrogen and oxygen atoms in total. The number of hydrogen-bond donors (Lipinski definition) is 1. The fourth-order valence-electron chi connectivity index (χ4n) is 2.94. The molecule has 3 heteroatoms. The largest absolute Gasteiger partial charge is 0.376 e. The fraction of sp³-hybridized carbons (Fsp3) is 1.00. The van der Waals surface area contributed by atoms with Crippen molar-refractivity contribution in [2.75, 3.05) is 13.1 Å². The second-order valence-corrected chi connectivity index (χ2v) is 4.59. The Labute approximate surface area is 86.8 Å². The molecule has 0 aromatic rings. The van der Waals surface area contributed by atoms with Crippen LogP contribution in [-0.4, -0.2) is 25.3 Å². The van der Waals surface area contributed by atoms with Crippen molar-refractivity contribution < 1.29 is 4.74 Å². The lowest BCUT2D eigenvalue weighted by molar-refractivity contribution is -0.0810. The zero-order valence-electron chi connectivity index (χ0n) is 8.51. The van der Waals surface area contributed by atoms with E-state index in [9.17, 15) is 0 Å². The number of rotatable bonds is 0. The molecule has 1 spiro atoms. The number of nitrogens with one attached hydrogen (secondary N) is 1. The van der Waals surface area contributed by atoms with Gasteiger partial charge in [-0.2, -0.15) is 0 Å². The first-order valence-electron chi connectivity index (χ1n) is 5.06. The monoisotopic (exact) mass is 205 g/mol. The van der Waals surface area contributed by atoms with E-state index in [0.717, 1.165) is 0 Å². The van der Waals surface area contributed by atoms with Gasteiger partial charge in [-0.15, -0.1) is 12.4 Å². The van der Waals surface area contributed by atoms with Gasteiger partial charge in [-0.3, -0.25) is 0 Å². The lowest BCUT2D eigenvalue weighted by atomic mass is 9.75. The Bertz CT molecular complexity index is 156. The van der Waals surface area contributed by atoms with Crippen LogP contribution in [0.5, 0.6) is 0 Å². The molecule has 0 amide bonds. The molecular weight excluding hydrogens is 186 g/mol. The molecule has 0 saturated carbocycles. The van der Waals surface area contributed by atoms with E-state index in [0.29, 0.717) is 17.6 Å². The summed E-state index contributed by atoms with van der Waals surface area (Å²) in [5.41, 5.74) is 0.580. The second-order valence-electron chi connectivity index (χ2n) is 4.59. The fourth-order valence-corrected chi connectivity index (χ4v) is 2.94. The van der Waals surface area contributed by atoms with Crippen molar-refractivity contribution in [3.63, 3.8) is 0 Å². The van der Waals surface area contributed by atoms with E-state index in [1.807, 2.05) is 0 Å². The predicted octanol–water partition coefficient (Wildman–Crippen LogP) is 1.98. The number of hydrogen-bond acceptors (Lipinski definition) is 2. The minimum absolute atomic E-state index is 0. The third-order valence-electron chi connectivity index (χ3n) is 3.24. The van der Waals surface area contributed by atoms with Crippen molar-refractivity contribution in [1.29, 1.82) is 0 Å². The van der Waals surface area contributed by atoms with Gasteiger partial charge < -0.3 is 10.1 Å². The highest BCUT2D eigenvalue weighted by atomic mass is 35.5. The average Bonchev–Trinajstić information content (AvgIpc) is 2.33. The maximum Gasteiger partial charge on any atom is 0.0556 e. The summed E-state index contributed by atoms with van der Waals surface area (Å²) < 4.78 is 5.75. The van der Waals surface area contributed by atoms with Crippen LogP contribution in [-0.2, 0) is 4.74 Å². The van der Waals surface area contributed by atoms with Gasteiger partial charge >= 0.3 is 0 Å². The summed E-state index contributed by atoms with van der Waals surface area (Å²) in [6.45, 7) is 6.83. The van der Waals surface area contributed by atoms with Gasteiger partial charge in [0.1, 0.15) is 0 Å². The van der Waals surface area contributed by atoms with Crippen molar-refractivity contribution >= 4 is 12.4 Å². The van der Waals surface area contributed by atoms with E-state index in [2.05, 4.69) is 19.2 Å². The Morgan fingerprint density at radius 1 is 1.23 bits per heavy atom. The van der Waals surface area contributed by atoms with Crippen LogP contribution >= 0.6 is 12.4 Å². The Balaban J connectivity index is 0.000000845. The highest BCUT2D eigenvalue weighted by Gasteiger charge is 2.40. The van der Waals surface area contributed by atoms with Crippen LogP contribution in [0.3, 0.4) is 0 Å². The van der Waals surface area contributed by atoms with Crippen LogP contribution in [0.2, 0.25) is 0 Å². The van der Waals surface area contributed by atoms with Crippen LogP contribution in [0.1, 0.15) is 33.1 Å². The first-order chi connectivity index (χ1) is 5.70. The summed E-state index contributed by atoms with van der Waals surface area (Å²) in [6, 6.07) is 0. The molecule has 0 radical (unpaired) electrons. The molecule has 2 aliphatic rings. The molecular formula is C10H20ClNO. The third kappa shape index (κ3) is 2.36. The minimum atomic E-state index is 0. The van der Waals surface area contributed by atoms with Crippen molar-refractivity contribution in [2.24, 2.45) is 5.41 Å². The smallest absolute Gasteiger partial charge is 0.0556 e. The molecule has 2 unspecified atom stereocenters. The van der Waals surface area contributed by atoms with Crippen LogP contribution in [0.15, 0.2) is 0 Å².